The van der Waals surface area contributed by atoms with E-state index in [0.717, 1.165) is 31.6 Å². The minimum atomic E-state index is -0.419. The molecule has 0 saturated carbocycles. The van der Waals surface area contributed by atoms with Crippen molar-refractivity contribution < 1.29 is 32.9 Å². The largest absolute Gasteiger partial charge is 0.462 e. The molecule has 33 heavy (non-hydrogen) atoms. The average Bonchev–Trinajstić information content (AvgIpc) is 3.29. The molecule has 2 saturated heterocycles. The van der Waals surface area contributed by atoms with Gasteiger partial charge in [0.15, 0.2) is 5.79 Å². The topological polar surface area (TPSA) is 74.3 Å². The number of halogens is 1. The summed E-state index contributed by atoms with van der Waals surface area (Å²) in [7, 11) is 0. The number of anilines is 1. The number of piperidine rings is 1. The second-order valence-electron chi connectivity index (χ2n) is 7.59. The van der Waals surface area contributed by atoms with Crippen molar-refractivity contribution in [2.24, 2.45) is 0 Å². The molecule has 2 aliphatic rings. The zero-order chi connectivity index (χ0) is 23.7. The fraction of sp³-hybridized carbons (Fsp3) is 0.440. The van der Waals surface area contributed by atoms with E-state index in [9.17, 15) is 14.0 Å². The van der Waals surface area contributed by atoms with Crippen LogP contribution in [0.3, 0.4) is 0 Å². The van der Waals surface area contributed by atoms with Gasteiger partial charge in [-0.15, -0.1) is 0 Å². The average molecular weight is 460 g/mol. The number of nitrogens with zero attached hydrogens (tertiary/aromatic N) is 1. The van der Waals surface area contributed by atoms with Gasteiger partial charge in [0.25, 0.3) is 0 Å². The van der Waals surface area contributed by atoms with Crippen molar-refractivity contribution in [2.45, 2.75) is 32.5 Å². The Morgan fingerprint density at radius 2 is 1.30 bits per heavy atom. The lowest BCUT2D eigenvalue weighted by Gasteiger charge is -2.38. The number of ether oxygens (including phenoxy) is 4. The van der Waals surface area contributed by atoms with E-state index in [-0.39, 0.29) is 17.6 Å². The molecule has 0 atom stereocenters. The van der Waals surface area contributed by atoms with E-state index in [1.54, 1.807) is 6.92 Å². The van der Waals surface area contributed by atoms with E-state index < -0.39 is 5.97 Å². The first-order valence-corrected chi connectivity index (χ1v) is 11.2. The predicted molar refractivity (Wildman–Crippen MR) is 121 cm³/mol. The fourth-order valence-corrected chi connectivity index (χ4v) is 3.71. The molecule has 7 nitrogen and oxygen atoms in total. The molecule has 0 radical (unpaired) electrons. The molecule has 2 fully saturated rings. The van der Waals surface area contributed by atoms with Crippen LogP contribution in [0.2, 0.25) is 0 Å². The highest BCUT2D eigenvalue weighted by Gasteiger charge is 2.39. The van der Waals surface area contributed by atoms with Crippen molar-refractivity contribution >= 4 is 17.6 Å². The molecular weight excluding hydrogens is 429 g/mol. The van der Waals surface area contributed by atoms with Gasteiger partial charge in [0, 0.05) is 31.6 Å². The van der Waals surface area contributed by atoms with Crippen molar-refractivity contribution in [2.75, 3.05) is 44.4 Å². The van der Waals surface area contributed by atoms with Gasteiger partial charge >= 0.3 is 11.9 Å². The summed E-state index contributed by atoms with van der Waals surface area (Å²) in [4.78, 5) is 24.9. The molecule has 0 bridgehead atoms. The Hall–Kier alpha value is -2.97. The van der Waals surface area contributed by atoms with Crippen LogP contribution in [0.15, 0.2) is 48.5 Å². The molecule has 0 amide bonds. The molecule has 2 heterocycles. The monoisotopic (exact) mass is 459 g/mol. The minimum Gasteiger partial charge on any atom is -0.462 e. The Balaban J connectivity index is 0.000000218. The van der Waals surface area contributed by atoms with Crippen LogP contribution in [-0.2, 0) is 18.9 Å². The second kappa shape index (κ2) is 11.8. The van der Waals surface area contributed by atoms with Gasteiger partial charge in [-0.1, -0.05) is 0 Å². The van der Waals surface area contributed by atoms with Crippen LogP contribution >= 0.6 is 0 Å². The molecule has 0 unspecified atom stereocenters. The Bertz CT molecular complexity index is 899. The number of esters is 2. The molecule has 1 spiro atoms. The lowest BCUT2D eigenvalue weighted by Crippen LogP contribution is -2.45. The zero-order valence-electron chi connectivity index (χ0n) is 19.1. The maximum absolute atomic E-state index is 12.4. The molecule has 2 aromatic rings. The number of hydrogen-bond acceptors (Lipinski definition) is 7. The number of benzene rings is 2. The van der Waals surface area contributed by atoms with Gasteiger partial charge in [-0.05, 0) is 62.4 Å². The molecule has 2 aliphatic heterocycles. The maximum Gasteiger partial charge on any atom is 0.338 e. The van der Waals surface area contributed by atoms with Crippen molar-refractivity contribution in [3.05, 3.63) is 65.5 Å². The third-order valence-corrected chi connectivity index (χ3v) is 5.44. The van der Waals surface area contributed by atoms with E-state index >= 15 is 0 Å². The highest BCUT2D eigenvalue weighted by molar-refractivity contribution is 5.90. The summed E-state index contributed by atoms with van der Waals surface area (Å²) < 4.78 is 33.5. The fourth-order valence-electron chi connectivity index (χ4n) is 3.71. The summed E-state index contributed by atoms with van der Waals surface area (Å²) in [6, 6.07) is 12.8. The Labute approximate surface area is 193 Å². The highest BCUT2D eigenvalue weighted by atomic mass is 19.1. The van der Waals surface area contributed by atoms with Crippen LogP contribution in [0.4, 0.5) is 10.1 Å². The molecule has 4 rings (SSSR count). The van der Waals surface area contributed by atoms with E-state index in [0.29, 0.717) is 37.6 Å². The van der Waals surface area contributed by atoms with E-state index in [2.05, 4.69) is 4.90 Å². The maximum atomic E-state index is 12.4. The number of hydrogen-bond donors (Lipinski definition) is 0. The van der Waals surface area contributed by atoms with Crippen LogP contribution in [0.1, 0.15) is 47.4 Å². The summed E-state index contributed by atoms with van der Waals surface area (Å²) in [5.41, 5.74) is 2.09. The van der Waals surface area contributed by atoms with Crippen LogP contribution in [-0.4, -0.2) is 57.2 Å². The second-order valence-corrected chi connectivity index (χ2v) is 7.59. The Morgan fingerprint density at radius 1 is 0.848 bits per heavy atom. The van der Waals surface area contributed by atoms with Gasteiger partial charge in [-0.2, -0.15) is 0 Å². The summed E-state index contributed by atoms with van der Waals surface area (Å²) in [5, 5.41) is 0. The standard InChI is InChI=1S/C16H21NO4.C9H9FO2/c1-2-19-15(18)13-3-5-14(6-4-13)17-9-7-16(8-10-17)20-11-12-21-16;1-2-12-9(11)7-3-5-8(10)6-4-7/h3-6H,2,7-12H2,1H3;3-6H,2H2,1H3. The van der Waals surface area contributed by atoms with Crippen molar-refractivity contribution in [3.63, 3.8) is 0 Å². The summed E-state index contributed by atoms with van der Waals surface area (Å²) in [6.07, 6.45) is 1.76. The predicted octanol–water partition coefficient (Wildman–Crippen LogP) is 4.21. The third-order valence-electron chi connectivity index (χ3n) is 5.44. The smallest absolute Gasteiger partial charge is 0.338 e. The van der Waals surface area contributed by atoms with Gasteiger partial charge in [-0.25, -0.2) is 14.0 Å². The molecule has 8 heteroatoms. The number of carbonyl (C=O) groups excluding carboxylic acids is 2. The summed E-state index contributed by atoms with van der Waals surface area (Å²) in [6.45, 7) is 7.47. The van der Waals surface area contributed by atoms with E-state index in [1.807, 2.05) is 31.2 Å². The highest BCUT2D eigenvalue weighted by Crippen LogP contribution is 2.33. The molecule has 2 aromatic carbocycles. The lowest BCUT2D eigenvalue weighted by molar-refractivity contribution is -0.169. The molecule has 0 N–H and O–H groups in total. The Kier molecular flexibility index (Phi) is 8.79. The van der Waals surface area contributed by atoms with Crippen LogP contribution in [0.5, 0.6) is 0 Å². The third kappa shape index (κ3) is 6.76. The van der Waals surface area contributed by atoms with Crippen LogP contribution < -0.4 is 4.90 Å². The van der Waals surface area contributed by atoms with Gasteiger partial charge in [0.05, 0.1) is 37.6 Å². The SMILES string of the molecule is CCOC(=O)c1ccc(F)cc1.CCOC(=O)c1ccc(N2CCC3(CC2)OCCO3)cc1. The molecule has 0 aliphatic carbocycles. The number of rotatable bonds is 5. The Morgan fingerprint density at radius 3 is 1.76 bits per heavy atom. The summed E-state index contributed by atoms with van der Waals surface area (Å²) >= 11 is 0. The van der Waals surface area contributed by atoms with E-state index in [1.165, 1.54) is 24.3 Å². The molecular formula is C25H30FNO6. The van der Waals surface area contributed by atoms with Gasteiger partial charge in [-0.3, -0.25) is 0 Å². The lowest BCUT2D eigenvalue weighted by atomic mass is 10.0. The van der Waals surface area contributed by atoms with Crippen molar-refractivity contribution in [3.8, 4) is 0 Å². The van der Waals surface area contributed by atoms with E-state index in [4.69, 9.17) is 18.9 Å². The zero-order valence-corrected chi connectivity index (χ0v) is 19.1. The van der Waals surface area contributed by atoms with Crippen molar-refractivity contribution in [1.29, 1.82) is 0 Å². The molecule has 178 valence electrons. The quantitative estimate of drug-likeness (QED) is 0.620. The van der Waals surface area contributed by atoms with Crippen molar-refractivity contribution in [1.82, 2.24) is 0 Å². The van der Waals surface area contributed by atoms with Gasteiger partial charge in [0.1, 0.15) is 5.82 Å². The first kappa shape index (κ1) is 24.7. The minimum absolute atomic E-state index is 0.269. The first-order valence-electron chi connectivity index (χ1n) is 11.2. The normalized spacial score (nSPS) is 16.6. The molecule has 0 aromatic heterocycles. The van der Waals surface area contributed by atoms with Crippen LogP contribution in [0, 0.1) is 5.82 Å². The summed E-state index contributed by atoms with van der Waals surface area (Å²) in [5.74, 6) is -1.39. The van der Waals surface area contributed by atoms with Crippen LogP contribution in [0.25, 0.3) is 0 Å². The number of carbonyl (C=O) groups is 2. The first-order chi connectivity index (χ1) is 16.0. The van der Waals surface area contributed by atoms with Gasteiger partial charge in [0.2, 0.25) is 0 Å². The van der Waals surface area contributed by atoms with Gasteiger partial charge < -0.3 is 23.8 Å².